The van der Waals surface area contributed by atoms with Crippen LogP contribution in [0.5, 0.6) is 0 Å². The van der Waals surface area contributed by atoms with Crippen molar-refractivity contribution in [3.63, 3.8) is 0 Å². The van der Waals surface area contributed by atoms with E-state index < -0.39 is 15.7 Å². The molecule has 0 radical (unpaired) electrons. The maximum absolute atomic E-state index is 13.3. The number of amidine groups is 1. The summed E-state index contributed by atoms with van der Waals surface area (Å²) in [7, 11) is -2.90. The number of anilines is 1. The van der Waals surface area contributed by atoms with Gasteiger partial charge < -0.3 is 20.7 Å². The smallest absolute Gasteiger partial charge is 0.201 e. The van der Waals surface area contributed by atoms with Gasteiger partial charge in [-0.2, -0.15) is 0 Å². The van der Waals surface area contributed by atoms with E-state index in [-0.39, 0.29) is 34.6 Å². The van der Waals surface area contributed by atoms with E-state index in [1.54, 1.807) is 0 Å². The van der Waals surface area contributed by atoms with Crippen LogP contribution < -0.4 is 10.6 Å². The first-order chi connectivity index (χ1) is 13.9. The number of aromatic nitrogens is 2. The zero-order chi connectivity index (χ0) is 20.9. The fourth-order valence-electron chi connectivity index (χ4n) is 2.76. The molecule has 0 spiro atoms. The summed E-state index contributed by atoms with van der Waals surface area (Å²) in [6, 6.07) is 3.94. The number of hydrogen-bond donors (Lipinski definition) is 3. The Labute approximate surface area is 171 Å². The lowest BCUT2D eigenvalue weighted by Gasteiger charge is -2.26. The number of oxime groups is 1. The summed E-state index contributed by atoms with van der Waals surface area (Å²) in [4.78, 5) is 2.07. The van der Waals surface area contributed by atoms with Gasteiger partial charge in [0.1, 0.15) is 11.5 Å². The largest absolute Gasteiger partial charge is 0.409 e. The van der Waals surface area contributed by atoms with Gasteiger partial charge in [-0.3, -0.25) is 0 Å². The summed E-state index contributed by atoms with van der Waals surface area (Å²) >= 11 is 5.75. The van der Waals surface area contributed by atoms with Crippen LogP contribution in [0.1, 0.15) is 11.4 Å². The molecule has 1 aromatic carbocycles. The van der Waals surface area contributed by atoms with Crippen LogP contribution >= 0.6 is 11.6 Å². The topological polar surface area (TPSA) is 133 Å². The highest BCUT2D eigenvalue weighted by Crippen LogP contribution is 2.20. The molecular formula is C16H20ClFN6O4S. The summed E-state index contributed by atoms with van der Waals surface area (Å²) in [5, 5.41) is 25.9. The Morgan fingerprint density at radius 2 is 2.10 bits per heavy atom. The second-order valence-corrected chi connectivity index (χ2v) is 9.14. The normalized spacial score (nSPS) is 17.4. The maximum Gasteiger partial charge on any atom is 0.201 e. The Bertz CT molecular complexity index is 970. The van der Waals surface area contributed by atoms with E-state index in [0.29, 0.717) is 37.6 Å². The van der Waals surface area contributed by atoms with Crippen molar-refractivity contribution >= 4 is 33.0 Å². The average molecular weight is 447 g/mol. The van der Waals surface area contributed by atoms with Gasteiger partial charge in [-0.15, -0.1) is 0 Å². The van der Waals surface area contributed by atoms with Crippen LogP contribution in [-0.2, 0) is 16.4 Å². The molecule has 29 heavy (non-hydrogen) atoms. The molecule has 13 heteroatoms. The Hall–Kier alpha value is -2.28. The van der Waals surface area contributed by atoms with Crippen LogP contribution in [0.3, 0.4) is 0 Å². The van der Waals surface area contributed by atoms with Gasteiger partial charge in [-0.05, 0) is 23.4 Å². The molecule has 1 aliphatic rings. The third kappa shape index (κ3) is 5.85. The predicted octanol–water partition coefficient (Wildman–Crippen LogP) is 0.930. The standard InChI is InChI=1S/C16H20ClFN6O4S/c17-12-9-11(1-2-13(12)18)20-16(21-25)15-14(22-28-23-15)10-19-3-4-24-5-7-29(26,27)8-6-24/h1-2,9,19,25H,3-8,10H2,(H,20,21). The lowest BCUT2D eigenvalue weighted by atomic mass is 10.2. The number of benzene rings is 1. The highest BCUT2D eigenvalue weighted by atomic mass is 35.5. The molecule has 3 rings (SSSR count). The summed E-state index contributed by atoms with van der Waals surface area (Å²) in [6.07, 6.45) is 0. The second-order valence-electron chi connectivity index (χ2n) is 6.43. The Morgan fingerprint density at radius 3 is 2.79 bits per heavy atom. The predicted molar refractivity (Wildman–Crippen MR) is 104 cm³/mol. The molecule has 0 bridgehead atoms. The van der Waals surface area contributed by atoms with Crippen LogP contribution in [0.2, 0.25) is 5.02 Å². The van der Waals surface area contributed by atoms with E-state index in [4.69, 9.17) is 16.2 Å². The molecular weight excluding hydrogens is 427 g/mol. The van der Waals surface area contributed by atoms with Crippen LogP contribution in [0.4, 0.5) is 10.1 Å². The van der Waals surface area contributed by atoms with Crippen LogP contribution in [0, 0.1) is 5.82 Å². The highest BCUT2D eigenvalue weighted by Gasteiger charge is 2.21. The maximum atomic E-state index is 13.3. The van der Waals surface area contributed by atoms with E-state index in [2.05, 4.69) is 31.0 Å². The van der Waals surface area contributed by atoms with Gasteiger partial charge in [0.15, 0.2) is 15.5 Å². The minimum atomic E-state index is -2.90. The zero-order valence-corrected chi connectivity index (χ0v) is 16.9. The molecule has 0 unspecified atom stereocenters. The first-order valence-corrected chi connectivity index (χ1v) is 11.0. The second kappa shape index (κ2) is 9.48. The monoisotopic (exact) mass is 446 g/mol. The Kier molecular flexibility index (Phi) is 7.00. The van der Waals surface area contributed by atoms with Crippen molar-refractivity contribution in [2.45, 2.75) is 6.54 Å². The van der Waals surface area contributed by atoms with Crippen molar-refractivity contribution in [1.29, 1.82) is 0 Å². The van der Waals surface area contributed by atoms with Crippen molar-refractivity contribution in [2.24, 2.45) is 5.16 Å². The lowest BCUT2D eigenvalue weighted by molar-refractivity contribution is 0.290. The molecule has 158 valence electrons. The average Bonchev–Trinajstić information content (AvgIpc) is 3.15. The van der Waals surface area contributed by atoms with Gasteiger partial charge in [0, 0.05) is 38.4 Å². The van der Waals surface area contributed by atoms with Crippen molar-refractivity contribution in [2.75, 3.05) is 43.0 Å². The summed E-state index contributed by atoms with van der Waals surface area (Å²) in [6.45, 7) is 2.61. The summed E-state index contributed by atoms with van der Waals surface area (Å²) in [5.74, 6) is -0.245. The van der Waals surface area contributed by atoms with Crippen LogP contribution in [0.15, 0.2) is 28.0 Å². The minimum absolute atomic E-state index is 0.0352. The fraction of sp³-hybridized carbons (Fsp3) is 0.438. The number of rotatable bonds is 7. The number of hydrogen-bond acceptors (Lipinski definition) is 9. The number of nitrogens with zero attached hydrogens (tertiary/aromatic N) is 4. The first-order valence-electron chi connectivity index (χ1n) is 8.77. The first kappa shape index (κ1) is 21.4. The van der Waals surface area contributed by atoms with E-state index in [9.17, 15) is 18.0 Å². The molecule has 1 aromatic heterocycles. The highest BCUT2D eigenvalue weighted by molar-refractivity contribution is 7.91. The third-order valence-corrected chi connectivity index (χ3v) is 6.30. The van der Waals surface area contributed by atoms with E-state index in [0.717, 1.165) is 0 Å². The van der Waals surface area contributed by atoms with Gasteiger partial charge in [-0.1, -0.05) is 21.9 Å². The summed E-state index contributed by atoms with van der Waals surface area (Å²) in [5.41, 5.74) is 0.982. The van der Waals surface area contributed by atoms with Crippen molar-refractivity contribution in [3.05, 3.63) is 40.4 Å². The molecule has 10 nitrogen and oxygen atoms in total. The molecule has 1 aliphatic heterocycles. The molecule has 2 heterocycles. The zero-order valence-electron chi connectivity index (χ0n) is 15.3. The summed E-state index contributed by atoms with van der Waals surface area (Å²) < 4.78 is 40.9. The van der Waals surface area contributed by atoms with Gasteiger partial charge in [-0.25, -0.2) is 17.4 Å². The minimum Gasteiger partial charge on any atom is -0.409 e. The van der Waals surface area contributed by atoms with E-state index in [1.807, 2.05) is 0 Å². The van der Waals surface area contributed by atoms with Gasteiger partial charge >= 0.3 is 0 Å². The number of nitrogens with one attached hydrogen (secondary N) is 2. The third-order valence-electron chi connectivity index (χ3n) is 4.40. The molecule has 1 fully saturated rings. The van der Waals surface area contributed by atoms with Crippen molar-refractivity contribution in [1.82, 2.24) is 20.5 Å². The Balaban J connectivity index is 1.53. The van der Waals surface area contributed by atoms with Crippen LogP contribution in [-0.4, -0.2) is 72.4 Å². The van der Waals surface area contributed by atoms with Gasteiger partial charge in [0.2, 0.25) is 5.84 Å². The van der Waals surface area contributed by atoms with E-state index >= 15 is 0 Å². The molecule has 0 amide bonds. The molecule has 1 saturated heterocycles. The van der Waals surface area contributed by atoms with Crippen molar-refractivity contribution < 1.29 is 22.6 Å². The fourth-order valence-corrected chi connectivity index (χ4v) is 4.22. The lowest BCUT2D eigenvalue weighted by Crippen LogP contribution is -2.43. The molecule has 0 saturated carbocycles. The molecule has 0 aliphatic carbocycles. The van der Waals surface area contributed by atoms with Crippen LogP contribution in [0.25, 0.3) is 0 Å². The van der Waals surface area contributed by atoms with Gasteiger partial charge in [0.05, 0.1) is 16.5 Å². The molecule has 2 aromatic rings. The number of sulfone groups is 1. The molecule has 3 N–H and O–H groups in total. The van der Waals surface area contributed by atoms with Gasteiger partial charge in [0.25, 0.3) is 0 Å². The Morgan fingerprint density at radius 1 is 1.34 bits per heavy atom. The van der Waals surface area contributed by atoms with Crippen molar-refractivity contribution in [3.8, 4) is 0 Å². The SMILES string of the molecule is O=S1(=O)CCN(CCNCc2nonc2/C(=N/O)Nc2ccc(F)c(Cl)c2)CC1. The number of halogens is 2. The molecule has 0 atom stereocenters. The quantitative estimate of drug-likeness (QED) is 0.187. The van der Waals surface area contributed by atoms with E-state index in [1.165, 1.54) is 18.2 Å².